The van der Waals surface area contributed by atoms with Crippen LogP contribution in [0.25, 0.3) is 0 Å². The molecule has 0 fully saturated rings. The third-order valence-corrected chi connectivity index (χ3v) is 3.04. The minimum Gasteiger partial charge on any atom is -0.465 e. The highest BCUT2D eigenvalue weighted by molar-refractivity contribution is 6.30. The third kappa shape index (κ3) is 4.01. The van der Waals surface area contributed by atoms with Crippen molar-refractivity contribution in [3.63, 3.8) is 0 Å². The lowest BCUT2D eigenvalue weighted by atomic mass is 10.0. The molecule has 1 unspecified atom stereocenters. The number of amides is 1. The van der Waals surface area contributed by atoms with Crippen LogP contribution in [-0.4, -0.2) is 21.2 Å². The number of hydrogen-bond donors (Lipinski definition) is 3. The van der Waals surface area contributed by atoms with E-state index >= 15 is 0 Å². The van der Waals surface area contributed by atoms with E-state index < -0.39 is 23.8 Å². The number of carbonyl (C=O) groups is 1. The Morgan fingerprint density at radius 3 is 2.55 bits per heavy atom. The summed E-state index contributed by atoms with van der Waals surface area (Å²) in [4.78, 5) is 18.6. The number of nitrogens with zero attached hydrogens (tertiary/aromatic N) is 2. The highest BCUT2D eigenvalue weighted by Crippen LogP contribution is 2.24. The second-order valence-corrected chi connectivity index (χ2v) is 4.81. The fourth-order valence-electron chi connectivity index (χ4n) is 1.95. The van der Waals surface area contributed by atoms with E-state index in [1.54, 1.807) is 0 Å². The Morgan fingerprint density at radius 1 is 1.36 bits per heavy atom. The SMILES string of the molecule is Nc1cnc(C(Cc2cc(F)cc(F)c2)NC(=O)O)c(Cl)n1. The molecule has 0 saturated carbocycles. The minimum atomic E-state index is -1.34. The first-order chi connectivity index (χ1) is 10.3. The van der Waals surface area contributed by atoms with E-state index in [0.717, 1.165) is 18.2 Å². The van der Waals surface area contributed by atoms with Crippen LogP contribution in [0.1, 0.15) is 17.3 Å². The molecule has 116 valence electrons. The smallest absolute Gasteiger partial charge is 0.405 e. The molecule has 1 aromatic carbocycles. The molecule has 6 nitrogen and oxygen atoms in total. The molecular formula is C13H11ClF2N4O2. The van der Waals surface area contributed by atoms with Crippen molar-refractivity contribution in [2.45, 2.75) is 12.5 Å². The molecule has 1 amide bonds. The summed E-state index contributed by atoms with van der Waals surface area (Å²) >= 11 is 5.90. The number of carboxylic acid groups (broad SMARTS) is 1. The van der Waals surface area contributed by atoms with Crippen molar-refractivity contribution in [2.75, 3.05) is 5.73 Å². The number of nitrogens with one attached hydrogen (secondary N) is 1. The van der Waals surface area contributed by atoms with Gasteiger partial charge in [0.15, 0.2) is 5.15 Å². The molecule has 0 aliphatic rings. The van der Waals surface area contributed by atoms with Crippen molar-refractivity contribution in [1.29, 1.82) is 0 Å². The largest absolute Gasteiger partial charge is 0.465 e. The molecule has 2 aromatic rings. The van der Waals surface area contributed by atoms with E-state index in [0.29, 0.717) is 0 Å². The van der Waals surface area contributed by atoms with E-state index in [4.69, 9.17) is 22.4 Å². The van der Waals surface area contributed by atoms with Gasteiger partial charge in [-0.2, -0.15) is 0 Å². The zero-order valence-corrected chi connectivity index (χ0v) is 11.8. The topological polar surface area (TPSA) is 101 Å². The average Bonchev–Trinajstić information content (AvgIpc) is 2.36. The molecule has 0 saturated heterocycles. The molecule has 0 bridgehead atoms. The number of hydrogen-bond acceptors (Lipinski definition) is 4. The van der Waals surface area contributed by atoms with Crippen LogP contribution in [0, 0.1) is 11.6 Å². The molecule has 1 atom stereocenters. The van der Waals surface area contributed by atoms with Gasteiger partial charge < -0.3 is 16.2 Å². The summed E-state index contributed by atoms with van der Waals surface area (Å²) in [5, 5.41) is 11.0. The maximum Gasteiger partial charge on any atom is 0.405 e. The second-order valence-electron chi connectivity index (χ2n) is 4.45. The van der Waals surface area contributed by atoms with Gasteiger partial charge in [0.2, 0.25) is 0 Å². The van der Waals surface area contributed by atoms with Gasteiger partial charge in [0.1, 0.15) is 23.1 Å². The van der Waals surface area contributed by atoms with Crippen molar-refractivity contribution in [1.82, 2.24) is 15.3 Å². The average molecular weight is 329 g/mol. The fourth-order valence-corrected chi connectivity index (χ4v) is 2.23. The van der Waals surface area contributed by atoms with E-state index in [1.807, 2.05) is 0 Å². The van der Waals surface area contributed by atoms with Gasteiger partial charge in [-0.15, -0.1) is 0 Å². The number of aromatic nitrogens is 2. The predicted molar refractivity (Wildman–Crippen MR) is 75.4 cm³/mol. The van der Waals surface area contributed by atoms with Crippen molar-refractivity contribution in [3.8, 4) is 0 Å². The van der Waals surface area contributed by atoms with E-state index in [2.05, 4.69) is 15.3 Å². The van der Waals surface area contributed by atoms with Crippen LogP contribution in [0.2, 0.25) is 5.15 Å². The van der Waals surface area contributed by atoms with Gasteiger partial charge in [-0.3, -0.25) is 4.98 Å². The van der Waals surface area contributed by atoms with Gasteiger partial charge >= 0.3 is 6.09 Å². The summed E-state index contributed by atoms with van der Waals surface area (Å²) in [5.74, 6) is -1.46. The number of nitrogens with two attached hydrogens (primary N) is 1. The Bertz CT molecular complexity index is 694. The molecule has 9 heteroatoms. The molecule has 0 spiro atoms. The van der Waals surface area contributed by atoms with Crippen LogP contribution in [0.4, 0.5) is 19.4 Å². The Labute approximate surface area is 129 Å². The monoisotopic (exact) mass is 328 g/mol. The summed E-state index contributed by atoms with van der Waals surface area (Å²) in [6.07, 6.45) is -0.181. The van der Waals surface area contributed by atoms with Crippen molar-refractivity contribution in [3.05, 3.63) is 52.4 Å². The minimum absolute atomic E-state index is 0.0563. The van der Waals surface area contributed by atoms with E-state index in [-0.39, 0.29) is 28.6 Å². The molecule has 0 aliphatic carbocycles. The first-order valence-corrected chi connectivity index (χ1v) is 6.45. The lowest BCUT2D eigenvalue weighted by molar-refractivity contribution is 0.189. The Kier molecular flexibility index (Phi) is 4.71. The predicted octanol–water partition coefficient (Wildman–Crippen LogP) is 2.54. The van der Waals surface area contributed by atoms with Gasteiger partial charge in [-0.25, -0.2) is 18.6 Å². The quantitative estimate of drug-likeness (QED) is 0.800. The van der Waals surface area contributed by atoms with Gasteiger partial charge in [-0.05, 0) is 24.1 Å². The summed E-state index contributed by atoms with van der Waals surface area (Å²) in [6.45, 7) is 0. The Morgan fingerprint density at radius 2 is 2.00 bits per heavy atom. The number of benzene rings is 1. The molecule has 4 N–H and O–H groups in total. The third-order valence-electron chi connectivity index (χ3n) is 2.76. The lowest BCUT2D eigenvalue weighted by Gasteiger charge is -2.17. The molecule has 1 heterocycles. The molecule has 1 aromatic heterocycles. The summed E-state index contributed by atoms with van der Waals surface area (Å²) in [6, 6.07) is 1.98. The molecule has 2 rings (SSSR count). The fraction of sp³-hybridized carbons (Fsp3) is 0.154. The van der Waals surface area contributed by atoms with Gasteiger partial charge in [0, 0.05) is 6.07 Å². The van der Waals surface area contributed by atoms with Crippen molar-refractivity contribution in [2.24, 2.45) is 0 Å². The molecule has 0 aliphatic heterocycles. The van der Waals surface area contributed by atoms with Gasteiger partial charge in [-0.1, -0.05) is 11.6 Å². The number of anilines is 1. The standard InChI is InChI=1S/C13H11ClF2N4O2/c14-12-11(18-5-10(17)20-12)9(19-13(21)22)3-6-1-7(15)4-8(16)2-6/h1-2,4-5,9,19H,3H2,(H2,17,20)(H,21,22). The maximum atomic E-state index is 13.2. The first kappa shape index (κ1) is 15.9. The van der Waals surface area contributed by atoms with Crippen LogP contribution in [-0.2, 0) is 6.42 Å². The Hall–Kier alpha value is -2.48. The molecular weight excluding hydrogens is 318 g/mol. The zero-order valence-electron chi connectivity index (χ0n) is 11.1. The van der Waals surface area contributed by atoms with Gasteiger partial charge in [0.05, 0.1) is 12.2 Å². The summed E-state index contributed by atoms with van der Waals surface area (Å²) in [7, 11) is 0. The van der Waals surface area contributed by atoms with Crippen LogP contribution in [0.5, 0.6) is 0 Å². The van der Waals surface area contributed by atoms with E-state index in [9.17, 15) is 13.6 Å². The second kappa shape index (κ2) is 6.52. The number of rotatable bonds is 4. The van der Waals surface area contributed by atoms with Crippen LogP contribution < -0.4 is 11.1 Å². The number of halogens is 3. The van der Waals surface area contributed by atoms with E-state index in [1.165, 1.54) is 6.20 Å². The van der Waals surface area contributed by atoms with Crippen molar-refractivity contribution >= 4 is 23.5 Å². The van der Waals surface area contributed by atoms with Crippen LogP contribution >= 0.6 is 11.6 Å². The molecule has 22 heavy (non-hydrogen) atoms. The molecule has 0 radical (unpaired) electrons. The summed E-state index contributed by atoms with van der Waals surface area (Å²) < 4.78 is 26.5. The highest BCUT2D eigenvalue weighted by atomic mass is 35.5. The first-order valence-electron chi connectivity index (χ1n) is 6.07. The van der Waals surface area contributed by atoms with Gasteiger partial charge in [0.25, 0.3) is 0 Å². The number of nitrogen functional groups attached to an aromatic ring is 1. The van der Waals surface area contributed by atoms with Crippen LogP contribution in [0.3, 0.4) is 0 Å². The lowest BCUT2D eigenvalue weighted by Crippen LogP contribution is -2.29. The Balaban J connectivity index is 2.35. The van der Waals surface area contributed by atoms with Crippen LogP contribution in [0.15, 0.2) is 24.4 Å². The normalized spacial score (nSPS) is 12.0. The highest BCUT2D eigenvalue weighted by Gasteiger charge is 2.21. The summed E-state index contributed by atoms with van der Waals surface area (Å²) in [5.41, 5.74) is 5.78. The van der Waals surface area contributed by atoms with Crippen molar-refractivity contribution < 1.29 is 18.7 Å². The zero-order chi connectivity index (χ0) is 16.3. The maximum absolute atomic E-state index is 13.2.